The van der Waals surface area contributed by atoms with Crippen molar-refractivity contribution in [3.63, 3.8) is 0 Å². The van der Waals surface area contributed by atoms with Crippen molar-refractivity contribution in [2.24, 2.45) is 5.73 Å². The van der Waals surface area contributed by atoms with Gasteiger partial charge in [0, 0.05) is 25.5 Å². The Balaban J connectivity index is 2.19. The maximum Gasteiger partial charge on any atom is 0.267 e. The maximum absolute atomic E-state index is 13.5. The third-order valence-corrected chi connectivity index (χ3v) is 3.09. The van der Waals surface area contributed by atoms with Gasteiger partial charge >= 0.3 is 0 Å². The zero-order chi connectivity index (χ0) is 14.7. The third kappa shape index (κ3) is 3.12. The number of nitrogens with zero attached hydrogens (tertiary/aromatic N) is 2. The zero-order valence-corrected chi connectivity index (χ0v) is 11.4. The Hall–Kier alpha value is -2.43. The lowest BCUT2D eigenvalue weighted by atomic mass is 10.1. The summed E-state index contributed by atoms with van der Waals surface area (Å²) in [6.45, 7) is 2.25. The van der Waals surface area contributed by atoms with E-state index in [2.05, 4.69) is 4.98 Å². The van der Waals surface area contributed by atoms with E-state index in [1.54, 1.807) is 25.1 Å². The lowest BCUT2D eigenvalue weighted by Gasteiger charge is -2.19. The lowest BCUT2D eigenvalue weighted by molar-refractivity contribution is 0.0995. The molecule has 0 saturated carbocycles. The molecule has 0 unspecified atom stereocenters. The van der Waals surface area contributed by atoms with Gasteiger partial charge in [0.2, 0.25) is 0 Å². The molecule has 5 heteroatoms. The van der Waals surface area contributed by atoms with Gasteiger partial charge in [0.15, 0.2) is 0 Å². The Kier molecular flexibility index (Phi) is 3.98. The number of amides is 1. The van der Waals surface area contributed by atoms with E-state index >= 15 is 0 Å². The van der Waals surface area contributed by atoms with Crippen molar-refractivity contribution < 1.29 is 9.18 Å². The summed E-state index contributed by atoms with van der Waals surface area (Å²) in [7, 11) is 1.86. The SMILES string of the molecule is Cc1ccc(CN(C)c2ccnc(C(N)=O)c2)cc1F. The average molecular weight is 273 g/mol. The molecular weight excluding hydrogens is 257 g/mol. The zero-order valence-electron chi connectivity index (χ0n) is 11.4. The number of hydrogen-bond donors (Lipinski definition) is 1. The van der Waals surface area contributed by atoms with Gasteiger partial charge in [-0.2, -0.15) is 0 Å². The molecular formula is C15H16FN3O. The number of hydrogen-bond acceptors (Lipinski definition) is 3. The molecule has 1 aromatic heterocycles. The molecule has 2 rings (SSSR count). The minimum Gasteiger partial charge on any atom is -0.370 e. The number of anilines is 1. The number of benzene rings is 1. The summed E-state index contributed by atoms with van der Waals surface area (Å²) >= 11 is 0. The van der Waals surface area contributed by atoms with Crippen LogP contribution in [0.3, 0.4) is 0 Å². The van der Waals surface area contributed by atoms with Crippen LogP contribution < -0.4 is 10.6 Å². The van der Waals surface area contributed by atoms with Gasteiger partial charge in [0.05, 0.1) is 0 Å². The van der Waals surface area contributed by atoms with Gasteiger partial charge in [-0.05, 0) is 36.2 Å². The van der Waals surface area contributed by atoms with Gasteiger partial charge in [0.1, 0.15) is 11.5 Å². The van der Waals surface area contributed by atoms with Crippen LogP contribution in [0.1, 0.15) is 21.6 Å². The van der Waals surface area contributed by atoms with Crippen molar-refractivity contribution >= 4 is 11.6 Å². The lowest BCUT2D eigenvalue weighted by Crippen LogP contribution is -2.19. The quantitative estimate of drug-likeness (QED) is 0.929. The summed E-state index contributed by atoms with van der Waals surface area (Å²) in [6.07, 6.45) is 1.53. The van der Waals surface area contributed by atoms with Crippen LogP contribution in [0.5, 0.6) is 0 Å². The van der Waals surface area contributed by atoms with Gasteiger partial charge < -0.3 is 10.6 Å². The number of carbonyl (C=O) groups excluding carboxylic acids is 1. The fourth-order valence-corrected chi connectivity index (χ4v) is 1.89. The number of aromatic nitrogens is 1. The summed E-state index contributed by atoms with van der Waals surface area (Å²) in [5.74, 6) is -0.787. The molecule has 2 aromatic rings. The van der Waals surface area contributed by atoms with E-state index in [0.29, 0.717) is 12.1 Å². The summed E-state index contributed by atoms with van der Waals surface area (Å²) in [5.41, 5.74) is 7.69. The number of rotatable bonds is 4. The van der Waals surface area contributed by atoms with E-state index in [4.69, 9.17) is 5.73 Å². The highest BCUT2D eigenvalue weighted by Crippen LogP contribution is 2.17. The Morgan fingerprint density at radius 3 is 2.75 bits per heavy atom. The first-order chi connectivity index (χ1) is 9.47. The van der Waals surface area contributed by atoms with Crippen LogP contribution in [-0.2, 0) is 6.54 Å². The number of aryl methyl sites for hydroxylation is 1. The standard InChI is InChI=1S/C15H16FN3O/c1-10-3-4-11(7-13(10)16)9-19(2)12-5-6-18-14(8-12)15(17)20/h3-8H,9H2,1-2H3,(H2,17,20). The Bertz CT molecular complexity index is 643. The fourth-order valence-electron chi connectivity index (χ4n) is 1.89. The number of halogens is 1. The van der Waals surface area contributed by atoms with Gasteiger partial charge in [-0.25, -0.2) is 4.39 Å². The summed E-state index contributed by atoms with van der Waals surface area (Å²) in [5, 5.41) is 0. The highest BCUT2D eigenvalue weighted by atomic mass is 19.1. The molecule has 0 fully saturated rings. The Labute approximate surface area is 117 Å². The molecule has 0 aliphatic rings. The van der Waals surface area contributed by atoms with Crippen LogP contribution >= 0.6 is 0 Å². The van der Waals surface area contributed by atoms with Gasteiger partial charge in [-0.1, -0.05) is 12.1 Å². The number of primary amides is 1. The highest BCUT2D eigenvalue weighted by Gasteiger charge is 2.08. The normalized spacial score (nSPS) is 10.3. The molecule has 0 radical (unpaired) electrons. The van der Waals surface area contributed by atoms with Crippen molar-refractivity contribution in [2.75, 3.05) is 11.9 Å². The first-order valence-corrected chi connectivity index (χ1v) is 6.19. The predicted octanol–water partition coefficient (Wildman–Crippen LogP) is 2.26. The molecule has 0 bridgehead atoms. The van der Waals surface area contributed by atoms with E-state index in [1.807, 2.05) is 18.0 Å². The van der Waals surface area contributed by atoms with Gasteiger partial charge in [0.25, 0.3) is 5.91 Å². The maximum atomic E-state index is 13.5. The second-order valence-electron chi connectivity index (χ2n) is 4.70. The fraction of sp³-hybridized carbons (Fsp3) is 0.200. The van der Waals surface area contributed by atoms with Crippen LogP contribution in [0.25, 0.3) is 0 Å². The molecule has 0 aliphatic heterocycles. The number of nitrogens with two attached hydrogens (primary N) is 1. The van der Waals surface area contributed by atoms with Crippen LogP contribution in [0.4, 0.5) is 10.1 Å². The molecule has 104 valence electrons. The van der Waals surface area contributed by atoms with E-state index < -0.39 is 5.91 Å². The summed E-state index contributed by atoms with van der Waals surface area (Å²) in [4.78, 5) is 16.9. The molecule has 0 spiro atoms. The molecule has 2 N–H and O–H groups in total. The van der Waals surface area contributed by atoms with E-state index in [9.17, 15) is 9.18 Å². The smallest absolute Gasteiger partial charge is 0.267 e. The van der Waals surface area contributed by atoms with Gasteiger partial charge in [-0.15, -0.1) is 0 Å². The molecule has 4 nitrogen and oxygen atoms in total. The minimum absolute atomic E-state index is 0.212. The monoisotopic (exact) mass is 273 g/mol. The average Bonchev–Trinajstić information content (AvgIpc) is 2.43. The van der Waals surface area contributed by atoms with Crippen molar-refractivity contribution in [2.45, 2.75) is 13.5 Å². The Morgan fingerprint density at radius 2 is 2.10 bits per heavy atom. The first-order valence-electron chi connectivity index (χ1n) is 6.19. The molecule has 1 aromatic carbocycles. The second kappa shape index (κ2) is 5.69. The van der Waals surface area contributed by atoms with E-state index in [0.717, 1.165) is 11.3 Å². The van der Waals surface area contributed by atoms with E-state index in [-0.39, 0.29) is 11.5 Å². The van der Waals surface area contributed by atoms with Crippen LogP contribution in [-0.4, -0.2) is 17.9 Å². The largest absolute Gasteiger partial charge is 0.370 e. The second-order valence-corrected chi connectivity index (χ2v) is 4.70. The predicted molar refractivity (Wildman–Crippen MR) is 76.0 cm³/mol. The molecule has 1 heterocycles. The molecule has 20 heavy (non-hydrogen) atoms. The summed E-state index contributed by atoms with van der Waals surface area (Å²) < 4.78 is 13.5. The topological polar surface area (TPSA) is 59.2 Å². The highest BCUT2D eigenvalue weighted by molar-refractivity contribution is 5.91. The molecule has 1 amide bonds. The first kappa shape index (κ1) is 14.0. The Morgan fingerprint density at radius 1 is 1.35 bits per heavy atom. The molecule has 0 saturated heterocycles. The summed E-state index contributed by atoms with van der Waals surface area (Å²) in [6, 6.07) is 8.54. The van der Waals surface area contributed by atoms with Crippen LogP contribution in [0.2, 0.25) is 0 Å². The molecule has 0 aliphatic carbocycles. The minimum atomic E-state index is -0.568. The van der Waals surface area contributed by atoms with Crippen molar-refractivity contribution in [1.29, 1.82) is 0 Å². The number of pyridine rings is 1. The van der Waals surface area contributed by atoms with Crippen molar-refractivity contribution in [1.82, 2.24) is 4.98 Å². The number of carbonyl (C=O) groups is 1. The van der Waals surface area contributed by atoms with Crippen LogP contribution in [0.15, 0.2) is 36.5 Å². The van der Waals surface area contributed by atoms with Crippen molar-refractivity contribution in [3.05, 3.63) is 59.2 Å². The van der Waals surface area contributed by atoms with Gasteiger partial charge in [-0.3, -0.25) is 9.78 Å². The third-order valence-electron chi connectivity index (χ3n) is 3.09. The molecule has 0 atom stereocenters. The van der Waals surface area contributed by atoms with Crippen molar-refractivity contribution in [3.8, 4) is 0 Å². The van der Waals surface area contributed by atoms with E-state index in [1.165, 1.54) is 12.3 Å². The van der Waals surface area contributed by atoms with Crippen LogP contribution in [0, 0.1) is 12.7 Å².